The topological polar surface area (TPSA) is 93.2 Å². The second-order valence-electron chi connectivity index (χ2n) is 13.3. The molecule has 3 heterocycles. The Labute approximate surface area is 278 Å². The summed E-state index contributed by atoms with van der Waals surface area (Å²) < 4.78 is 0. The summed E-state index contributed by atoms with van der Waals surface area (Å²) in [5, 5.41) is 14.1. The lowest BCUT2D eigenvalue weighted by atomic mass is 9.67. The predicted molar refractivity (Wildman–Crippen MR) is 182 cm³/mol. The number of hydrogen-bond acceptors (Lipinski definition) is 6. The Hall–Kier alpha value is -4.07. The van der Waals surface area contributed by atoms with E-state index in [9.17, 15) is 19.5 Å². The van der Waals surface area contributed by atoms with Crippen molar-refractivity contribution >= 4 is 17.8 Å². The summed E-state index contributed by atoms with van der Waals surface area (Å²) >= 11 is 0. The average molecular weight is 635 g/mol. The van der Waals surface area contributed by atoms with E-state index in [1.807, 2.05) is 59.5 Å². The SMILES string of the molecule is CCN1CCC[C@H](CNC(=O)C2C(=C=O)CCN2[C@@H]2C[C@@H](O)CN2C(=O)CC(c2ccccc2)(c2ccccc2)c2ccccc2)C1. The zero-order valence-electron chi connectivity index (χ0n) is 27.3. The summed E-state index contributed by atoms with van der Waals surface area (Å²) in [4.78, 5) is 46.7. The van der Waals surface area contributed by atoms with Crippen LogP contribution >= 0.6 is 0 Å². The van der Waals surface area contributed by atoms with Crippen molar-refractivity contribution in [3.63, 3.8) is 0 Å². The molecule has 2 amide bonds. The zero-order valence-corrected chi connectivity index (χ0v) is 27.3. The second-order valence-corrected chi connectivity index (χ2v) is 13.3. The summed E-state index contributed by atoms with van der Waals surface area (Å²) in [6.45, 7) is 6.34. The van der Waals surface area contributed by atoms with Crippen LogP contribution in [0.15, 0.2) is 96.6 Å². The van der Waals surface area contributed by atoms with Gasteiger partial charge in [-0.25, -0.2) is 4.79 Å². The summed E-state index contributed by atoms with van der Waals surface area (Å²) in [7, 11) is 0. The second kappa shape index (κ2) is 14.8. The monoisotopic (exact) mass is 634 g/mol. The van der Waals surface area contributed by atoms with Crippen molar-refractivity contribution in [3.8, 4) is 0 Å². The normalized spacial score (nSPS) is 23.9. The molecule has 0 aliphatic carbocycles. The number of carbonyl (C=O) groups is 2. The highest BCUT2D eigenvalue weighted by molar-refractivity contribution is 5.88. The van der Waals surface area contributed by atoms with Crippen molar-refractivity contribution in [2.24, 2.45) is 5.92 Å². The van der Waals surface area contributed by atoms with Crippen LogP contribution in [0.3, 0.4) is 0 Å². The van der Waals surface area contributed by atoms with Crippen LogP contribution in [-0.4, -0.2) is 95.1 Å². The Kier molecular flexibility index (Phi) is 10.3. The number of nitrogens with one attached hydrogen (secondary N) is 1. The van der Waals surface area contributed by atoms with Crippen LogP contribution in [0, 0.1) is 5.92 Å². The molecule has 3 fully saturated rings. The zero-order chi connectivity index (χ0) is 32.8. The maximum atomic E-state index is 14.7. The van der Waals surface area contributed by atoms with E-state index >= 15 is 0 Å². The van der Waals surface area contributed by atoms with Gasteiger partial charge in [-0.3, -0.25) is 14.5 Å². The van der Waals surface area contributed by atoms with Crippen LogP contribution in [0.2, 0.25) is 0 Å². The molecule has 3 aliphatic rings. The van der Waals surface area contributed by atoms with E-state index in [1.54, 1.807) is 4.90 Å². The van der Waals surface area contributed by atoms with Crippen LogP contribution in [0.5, 0.6) is 0 Å². The molecule has 3 saturated heterocycles. The molecule has 8 heteroatoms. The van der Waals surface area contributed by atoms with Gasteiger partial charge in [-0.15, -0.1) is 0 Å². The Morgan fingerprint density at radius 1 is 0.894 bits per heavy atom. The van der Waals surface area contributed by atoms with E-state index in [0.29, 0.717) is 37.4 Å². The molecule has 0 radical (unpaired) electrons. The van der Waals surface area contributed by atoms with Crippen molar-refractivity contribution < 1.29 is 19.5 Å². The van der Waals surface area contributed by atoms with Crippen molar-refractivity contribution in [1.82, 2.24) is 20.0 Å². The number of hydrogen-bond donors (Lipinski definition) is 2. The standard InChI is InChI=1S/C39H46N4O4/c1-2-41-21-12-13-29(26-41)25-40-38(47)37-30(28-44)20-22-42(37)35-23-34(45)27-43(35)36(46)24-39(31-14-6-3-7-15-31,32-16-8-4-9-17-32)33-18-10-5-11-19-33/h3-11,14-19,29,34-35,37,45H,2,12-13,20-27H2,1H3,(H,40,47)/t29-,34-,35+,37?/m1/s1. The number of rotatable bonds is 10. The van der Waals surface area contributed by atoms with Crippen LogP contribution in [0.1, 0.15) is 55.7 Å². The summed E-state index contributed by atoms with van der Waals surface area (Å²) in [5.41, 5.74) is 2.60. The van der Waals surface area contributed by atoms with Crippen molar-refractivity contribution in [2.75, 3.05) is 39.3 Å². The van der Waals surface area contributed by atoms with Crippen LogP contribution in [-0.2, 0) is 19.8 Å². The number of piperidine rings is 1. The van der Waals surface area contributed by atoms with Crippen molar-refractivity contribution in [3.05, 3.63) is 113 Å². The van der Waals surface area contributed by atoms with E-state index in [0.717, 1.165) is 49.2 Å². The van der Waals surface area contributed by atoms with Gasteiger partial charge in [-0.2, -0.15) is 0 Å². The van der Waals surface area contributed by atoms with Crippen molar-refractivity contribution in [1.29, 1.82) is 0 Å². The number of aliphatic hydroxyl groups excluding tert-OH is 1. The number of benzene rings is 3. The number of β-amino-alcohol motifs (C(OH)–C–C–N with tert-alkyl or cyclic N) is 1. The number of amides is 2. The number of aliphatic hydroxyl groups is 1. The van der Waals surface area contributed by atoms with E-state index in [-0.39, 0.29) is 24.8 Å². The Morgan fingerprint density at radius 2 is 1.49 bits per heavy atom. The predicted octanol–water partition coefficient (Wildman–Crippen LogP) is 4.01. The van der Waals surface area contributed by atoms with Gasteiger partial charge in [-0.1, -0.05) is 97.9 Å². The third kappa shape index (κ3) is 6.83. The van der Waals surface area contributed by atoms with Gasteiger partial charge in [-0.05, 0) is 55.0 Å². The molecule has 4 atom stereocenters. The van der Waals surface area contributed by atoms with Gasteiger partial charge in [0.2, 0.25) is 11.8 Å². The molecular weight excluding hydrogens is 588 g/mol. The molecular formula is C39H46N4O4. The first-order valence-electron chi connectivity index (χ1n) is 17.1. The van der Waals surface area contributed by atoms with Gasteiger partial charge in [0.25, 0.3) is 0 Å². The van der Waals surface area contributed by atoms with Gasteiger partial charge in [0.05, 0.1) is 17.7 Å². The van der Waals surface area contributed by atoms with Crippen LogP contribution in [0.25, 0.3) is 0 Å². The maximum absolute atomic E-state index is 14.7. The summed E-state index contributed by atoms with van der Waals surface area (Å²) in [5.74, 6) is 2.07. The van der Waals surface area contributed by atoms with E-state index in [4.69, 9.17) is 0 Å². The minimum absolute atomic E-state index is 0.118. The van der Waals surface area contributed by atoms with Crippen molar-refractivity contribution in [2.45, 2.75) is 62.8 Å². The first kappa shape index (κ1) is 32.9. The highest BCUT2D eigenvalue weighted by atomic mass is 16.3. The smallest absolute Gasteiger partial charge is 0.242 e. The van der Waals surface area contributed by atoms with Crippen LogP contribution < -0.4 is 5.32 Å². The highest BCUT2D eigenvalue weighted by Crippen LogP contribution is 2.43. The number of nitrogens with zero attached hydrogens (tertiary/aromatic N) is 3. The lowest BCUT2D eigenvalue weighted by Crippen LogP contribution is -2.55. The van der Waals surface area contributed by atoms with Gasteiger partial charge in [0.15, 0.2) is 0 Å². The molecule has 0 bridgehead atoms. The van der Waals surface area contributed by atoms with Gasteiger partial charge < -0.3 is 20.2 Å². The van der Waals surface area contributed by atoms with Crippen LogP contribution in [0.4, 0.5) is 0 Å². The lowest BCUT2D eigenvalue weighted by molar-refractivity contribution is -0.139. The quantitative estimate of drug-likeness (QED) is 0.259. The fourth-order valence-electron chi connectivity index (χ4n) is 8.08. The number of likely N-dealkylation sites (tertiary alicyclic amines) is 3. The molecule has 0 aromatic heterocycles. The first-order chi connectivity index (χ1) is 22.9. The van der Waals surface area contributed by atoms with Gasteiger partial charge in [0, 0.05) is 44.6 Å². The third-order valence-electron chi connectivity index (χ3n) is 10.5. The molecule has 0 spiro atoms. The Balaban J connectivity index is 1.29. The molecule has 246 valence electrons. The lowest BCUT2D eigenvalue weighted by Gasteiger charge is -2.40. The largest absolute Gasteiger partial charge is 0.391 e. The molecule has 3 aromatic carbocycles. The molecule has 3 aromatic rings. The fraction of sp³-hybridized carbons (Fsp3) is 0.436. The Bertz CT molecular complexity index is 1460. The van der Waals surface area contributed by atoms with Gasteiger partial charge >= 0.3 is 0 Å². The van der Waals surface area contributed by atoms with E-state index in [1.165, 1.54) is 0 Å². The average Bonchev–Trinajstić information content (AvgIpc) is 3.74. The summed E-state index contributed by atoms with van der Waals surface area (Å²) in [6.07, 6.45) is 1.76. The Morgan fingerprint density at radius 3 is 2.04 bits per heavy atom. The summed E-state index contributed by atoms with van der Waals surface area (Å²) in [6, 6.07) is 29.5. The highest BCUT2D eigenvalue weighted by Gasteiger charge is 2.48. The molecule has 1 unspecified atom stereocenters. The minimum Gasteiger partial charge on any atom is -0.391 e. The molecule has 8 nitrogen and oxygen atoms in total. The third-order valence-corrected chi connectivity index (χ3v) is 10.5. The maximum Gasteiger partial charge on any atom is 0.242 e. The molecule has 6 rings (SSSR count). The minimum atomic E-state index is -0.814. The number of carbonyl (C=O) groups excluding carboxylic acids is 3. The molecule has 0 saturated carbocycles. The molecule has 3 aliphatic heterocycles. The van der Waals surface area contributed by atoms with Gasteiger partial charge in [0.1, 0.15) is 12.0 Å². The fourth-order valence-corrected chi connectivity index (χ4v) is 8.08. The first-order valence-corrected chi connectivity index (χ1v) is 17.1. The van der Waals surface area contributed by atoms with E-state index in [2.05, 4.69) is 59.5 Å². The van der Waals surface area contributed by atoms with E-state index < -0.39 is 23.7 Å². The molecule has 2 N–H and O–H groups in total. The molecule has 47 heavy (non-hydrogen) atoms.